The molecule has 0 amide bonds. The lowest BCUT2D eigenvalue weighted by molar-refractivity contribution is -0.0654. The zero-order valence-electron chi connectivity index (χ0n) is 19.9. The molecule has 0 N–H and O–H groups in total. The Kier molecular flexibility index (Phi) is 5.76. The first-order chi connectivity index (χ1) is 16.0. The summed E-state index contributed by atoms with van der Waals surface area (Å²) in [6.45, 7) is 5.96. The van der Waals surface area contributed by atoms with E-state index in [2.05, 4.69) is 111 Å². The molecule has 33 heavy (non-hydrogen) atoms. The topological polar surface area (TPSA) is 21.7 Å². The van der Waals surface area contributed by atoms with E-state index in [1.807, 2.05) is 0 Å². The van der Waals surface area contributed by atoms with Gasteiger partial charge in [0.15, 0.2) is 0 Å². The molecule has 0 radical (unpaired) electrons. The van der Waals surface area contributed by atoms with Crippen molar-refractivity contribution in [3.05, 3.63) is 84.9 Å². The molecule has 0 aliphatic carbocycles. The zero-order chi connectivity index (χ0) is 22.9. The minimum absolute atomic E-state index is 0.0502. The molecule has 1 aliphatic rings. The molecule has 2 unspecified atom stereocenters. The fourth-order valence-corrected chi connectivity index (χ4v) is 5.17. The third-order valence-corrected chi connectivity index (χ3v) is 7.59. The van der Waals surface area contributed by atoms with E-state index in [0.717, 1.165) is 24.3 Å². The highest BCUT2D eigenvalue weighted by atomic mass is 16.5. The maximum atomic E-state index is 6.35. The SMILES string of the molecule is CN1C(C)(COc2ccc3ccccc3c2)CCCC1(C)COc1ccc2ccccc2c1. The van der Waals surface area contributed by atoms with Crippen LogP contribution in [0.4, 0.5) is 0 Å². The predicted molar refractivity (Wildman–Crippen MR) is 137 cm³/mol. The molecule has 4 aromatic rings. The van der Waals surface area contributed by atoms with Crippen molar-refractivity contribution < 1.29 is 9.47 Å². The molecule has 4 aromatic carbocycles. The van der Waals surface area contributed by atoms with Crippen LogP contribution in [0.3, 0.4) is 0 Å². The highest BCUT2D eigenvalue weighted by molar-refractivity contribution is 5.84. The van der Waals surface area contributed by atoms with Crippen LogP contribution in [0.1, 0.15) is 33.1 Å². The largest absolute Gasteiger partial charge is 0.492 e. The third kappa shape index (κ3) is 4.43. The molecule has 1 fully saturated rings. The number of fused-ring (bicyclic) bond motifs is 2. The number of ether oxygens (including phenoxy) is 2. The summed E-state index contributed by atoms with van der Waals surface area (Å²) < 4.78 is 12.7. The number of benzene rings is 4. The van der Waals surface area contributed by atoms with Gasteiger partial charge < -0.3 is 9.47 Å². The highest BCUT2D eigenvalue weighted by Gasteiger charge is 2.45. The second-order valence-electron chi connectivity index (χ2n) is 10.0. The summed E-state index contributed by atoms with van der Waals surface area (Å²) in [6.07, 6.45) is 3.39. The quantitative estimate of drug-likeness (QED) is 0.320. The van der Waals surface area contributed by atoms with Crippen LogP contribution in [-0.2, 0) is 0 Å². The molecule has 1 heterocycles. The highest BCUT2D eigenvalue weighted by Crippen LogP contribution is 2.38. The van der Waals surface area contributed by atoms with Crippen molar-refractivity contribution in [3.8, 4) is 11.5 Å². The molecule has 0 saturated carbocycles. The molecule has 3 nitrogen and oxygen atoms in total. The van der Waals surface area contributed by atoms with Gasteiger partial charge in [0.2, 0.25) is 0 Å². The summed E-state index contributed by atoms with van der Waals surface area (Å²) in [5, 5.41) is 4.91. The molecule has 170 valence electrons. The van der Waals surface area contributed by atoms with Crippen LogP contribution in [0.5, 0.6) is 11.5 Å². The van der Waals surface area contributed by atoms with E-state index in [1.54, 1.807) is 0 Å². The summed E-state index contributed by atoms with van der Waals surface area (Å²) in [6, 6.07) is 29.6. The molecular formula is C30H33NO2. The lowest BCUT2D eigenvalue weighted by Gasteiger charge is -2.53. The van der Waals surface area contributed by atoms with E-state index < -0.39 is 0 Å². The first kappa shape index (κ1) is 21.8. The molecule has 3 heteroatoms. The summed E-state index contributed by atoms with van der Waals surface area (Å²) in [4.78, 5) is 2.49. The number of piperidine rings is 1. The molecule has 0 bridgehead atoms. The first-order valence-electron chi connectivity index (χ1n) is 11.9. The lowest BCUT2D eigenvalue weighted by Crippen LogP contribution is -2.63. The van der Waals surface area contributed by atoms with Crippen LogP contribution in [0, 0.1) is 0 Å². The van der Waals surface area contributed by atoms with Gasteiger partial charge in [-0.2, -0.15) is 0 Å². The van der Waals surface area contributed by atoms with Crippen molar-refractivity contribution in [1.82, 2.24) is 4.90 Å². The fraction of sp³-hybridized carbons (Fsp3) is 0.333. The van der Waals surface area contributed by atoms with E-state index in [-0.39, 0.29) is 11.1 Å². The number of hydrogen-bond acceptors (Lipinski definition) is 3. The minimum Gasteiger partial charge on any atom is -0.492 e. The Morgan fingerprint density at radius 2 is 1.06 bits per heavy atom. The van der Waals surface area contributed by atoms with Crippen LogP contribution in [0.2, 0.25) is 0 Å². The number of likely N-dealkylation sites (N-methyl/N-ethyl adjacent to an activating group) is 1. The smallest absolute Gasteiger partial charge is 0.120 e. The monoisotopic (exact) mass is 439 g/mol. The van der Waals surface area contributed by atoms with Crippen molar-refractivity contribution in [3.63, 3.8) is 0 Å². The first-order valence-corrected chi connectivity index (χ1v) is 11.9. The average molecular weight is 440 g/mol. The van der Waals surface area contributed by atoms with Gasteiger partial charge in [0.05, 0.1) is 11.1 Å². The second-order valence-corrected chi connectivity index (χ2v) is 10.0. The van der Waals surface area contributed by atoms with E-state index in [9.17, 15) is 0 Å². The molecule has 1 saturated heterocycles. The van der Waals surface area contributed by atoms with Crippen LogP contribution >= 0.6 is 0 Å². The lowest BCUT2D eigenvalue weighted by atomic mass is 9.79. The van der Waals surface area contributed by atoms with Crippen molar-refractivity contribution >= 4 is 21.5 Å². The number of nitrogens with zero attached hydrogens (tertiary/aromatic N) is 1. The summed E-state index contributed by atoms with van der Waals surface area (Å²) in [5.41, 5.74) is -0.100. The standard InChI is InChI=1S/C30H33NO2/c1-29(21-32-27-15-13-23-9-4-6-11-25(23)19-27)17-8-18-30(2,31(29)3)22-33-28-16-14-24-10-5-7-12-26(24)20-28/h4-7,9-16,19-20H,8,17-18,21-22H2,1-3H3. The van der Waals surface area contributed by atoms with E-state index in [1.165, 1.54) is 28.0 Å². The Morgan fingerprint density at radius 1 is 0.636 bits per heavy atom. The van der Waals surface area contributed by atoms with Gasteiger partial charge in [-0.15, -0.1) is 0 Å². The van der Waals surface area contributed by atoms with Crippen molar-refractivity contribution in [2.24, 2.45) is 0 Å². The van der Waals surface area contributed by atoms with Gasteiger partial charge in [0.1, 0.15) is 24.7 Å². The molecular weight excluding hydrogens is 406 g/mol. The van der Waals surface area contributed by atoms with E-state index in [4.69, 9.17) is 9.47 Å². The second kappa shape index (κ2) is 8.72. The molecule has 5 rings (SSSR count). The van der Waals surface area contributed by atoms with Crippen molar-refractivity contribution in [2.75, 3.05) is 20.3 Å². The fourth-order valence-electron chi connectivity index (χ4n) is 5.17. The van der Waals surface area contributed by atoms with Gasteiger partial charge in [0, 0.05) is 0 Å². The van der Waals surface area contributed by atoms with Crippen LogP contribution < -0.4 is 9.47 Å². The van der Waals surface area contributed by atoms with Crippen LogP contribution in [-0.4, -0.2) is 36.2 Å². The van der Waals surface area contributed by atoms with Gasteiger partial charge in [-0.25, -0.2) is 0 Å². The third-order valence-electron chi connectivity index (χ3n) is 7.59. The Morgan fingerprint density at radius 3 is 1.52 bits per heavy atom. The van der Waals surface area contributed by atoms with E-state index in [0.29, 0.717) is 13.2 Å². The van der Waals surface area contributed by atoms with Crippen molar-refractivity contribution in [2.45, 2.75) is 44.2 Å². The molecule has 0 aromatic heterocycles. The molecule has 1 aliphatic heterocycles. The number of hydrogen-bond donors (Lipinski definition) is 0. The summed E-state index contributed by atoms with van der Waals surface area (Å²) >= 11 is 0. The van der Waals surface area contributed by atoms with Gasteiger partial charge in [-0.1, -0.05) is 60.7 Å². The number of likely N-dealkylation sites (tertiary alicyclic amines) is 1. The normalized spacial score (nSPS) is 23.6. The predicted octanol–water partition coefficient (Wildman–Crippen LogP) is 7.08. The van der Waals surface area contributed by atoms with Crippen molar-refractivity contribution in [1.29, 1.82) is 0 Å². The van der Waals surface area contributed by atoms with Crippen LogP contribution in [0.15, 0.2) is 84.9 Å². The Hall–Kier alpha value is -3.04. The Labute approximate surface area is 196 Å². The number of rotatable bonds is 6. The average Bonchev–Trinajstić information content (AvgIpc) is 2.85. The van der Waals surface area contributed by atoms with Gasteiger partial charge in [0.25, 0.3) is 0 Å². The minimum atomic E-state index is -0.0502. The zero-order valence-corrected chi connectivity index (χ0v) is 19.9. The maximum Gasteiger partial charge on any atom is 0.120 e. The Bertz CT molecular complexity index is 1170. The van der Waals surface area contributed by atoms with Crippen LogP contribution in [0.25, 0.3) is 21.5 Å². The Balaban J connectivity index is 1.27. The van der Waals surface area contributed by atoms with Gasteiger partial charge in [-0.3, -0.25) is 4.90 Å². The van der Waals surface area contributed by atoms with Gasteiger partial charge >= 0.3 is 0 Å². The summed E-state index contributed by atoms with van der Waals surface area (Å²) in [5.74, 6) is 1.87. The maximum absolute atomic E-state index is 6.35. The van der Waals surface area contributed by atoms with E-state index >= 15 is 0 Å². The molecule has 0 spiro atoms. The van der Waals surface area contributed by atoms with Gasteiger partial charge in [-0.05, 0) is 86.0 Å². The molecule has 2 atom stereocenters. The summed E-state index contributed by atoms with van der Waals surface area (Å²) in [7, 11) is 2.23.